The number of halogens is 1. The summed E-state index contributed by atoms with van der Waals surface area (Å²) in [6.07, 6.45) is 7.82. The first-order chi connectivity index (χ1) is 28.7. The predicted molar refractivity (Wildman–Crippen MR) is 240 cm³/mol. The van der Waals surface area contributed by atoms with Gasteiger partial charge in [0.2, 0.25) is 0 Å². The van der Waals surface area contributed by atoms with Gasteiger partial charge in [-0.05, 0) is 82.1 Å². The van der Waals surface area contributed by atoms with E-state index in [1.165, 1.54) is 17.6 Å². The van der Waals surface area contributed by atoms with Gasteiger partial charge < -0.3 is 23.7 Å². The molecule has 13 heteroatoms. The average Bonchev–Trinajstić information content (AvgIpc) is 3.99. The number of imidazole rings is 3. The molecule has 3 heterocycles. The molecule has 11 nitrogen and oxygen atoms in total. The van der Waals surface area contributed by atoms with E-state index < -0.39 is 7.12 Å². The molecular formula is C46H42BBrN6O5. The van der Waals surface area contributed by atoms with Crippen molar-refractivity contribution in [2.75, 3.05) is 5.83 Å². The number of benzene rings is 6. The second-order valence-corrected chi connectivity index (χ2v) is 13.1. The van der Waals surface area contributed by atoms with E-state index in [-0.39, 0.29) is 0 Å². The van der Waals surface area contributed by atoms with Crippen LogP contribution in [0.2, 0.25) is 0 Å². The second kappa shape index (κ2) is 21.1. The maximum atomic E-state index is 10.8. The van der Waals surface area contributed by atoms with Crippen LogP contribution in [0.1, 0.15) is 31.1 Å². The van der Waals surface area contributed by atoms with E-state index in [9.17, 15) is 14.4 Å². The van der Waals surface area contributed by atoms with Crippen molar-refractivity contribution in [2.45, 2.75) is 0 Å². The molecule has 0 spiro atoms. The zero-order chi connectivity index (χ0) is 42.3. The van der Waals surface area contributed by atoms with E-state index in [1.54, 1.807) is 36.9 Å². The summed E-state index contributed by atoms with van der Waals surface area (Å²) in [4.78, 5) is 44.6. The van der Waals surface area contributed by atoms with Crippen molar-refractivity contribution >= 4 is 80.5 Å². The molecule has 0 aliphatic rings. The highest BCUT2D eigenvalue weighted by Gasteiger charge is 2.10. The summed E-state index contributed by atoms with van der Waals surface area (Å²) in [5.74, 6) is 1.81. The van der Waals surface area contributed by atoms with Gasteiger partial charge in [-0.15, -0.1) is 0 Å². The van der Waals surface area contributed by atoms with E-state index in [0.29, 0.717) is 28.4 Å². The second-order valence-electron chi connectivity index (χ2n) is 13.1. The number of fused-ring (bicyclic) bond motifs is 3. The summed E-state index contributed by atoms with van der Waals surface area (Å²) >= 11 is 2.94. The van der Waals surface area contributed by atoms with Crippen molar-refractivity contribution in [3.8, 4) is 22.3 Å². The molecule has 0 aliphatic heterocycles. The SMILES string of the molecule is CBr.Cn1cnc2cc(-c3cccc(C=O)c3)ccc21.Cn1cnc2ccc(-c3cccc(C=O)c3)cc21.Cn1cnc2ccccc21.O=Cc1cccc(B(O)O)c1. The van der Waals surface area contributed by atoms with E-state index in [1.807, 2.05) is 132 Å². The normalized spacial score (nSPS) is 10.2. The van der Waals surface area contributed by atoms with Crippen LogP contribution in [0.4, 0.5) is 0 Å². The Morgan fingerprint density at radius 2 is 0.898 bits per heavy atom. The van der Waals surface area contributed by atoms with Crippen molar-refractivity contribution in [2.24, 2.45) is 21.1 Å². The Morgan fingerprint density at radius 3 is 1.46 bits per heavy atom. The molecule has 0 amide bonds. The molecule has 0 saturated carbocycles. The highest BCUT2D eigenvalue weighted by Crippen LogP contribution is 2.25. The van der Waals surface area contributed by atoms with Gasteiger partial charge in [-0.3, -0.25) is 14.4 Å². The summed E-state index contributed by atoms with van der Waals surface area (Å²) in [6.45, 7) is 0. The third-order valence-electron chi connectivity index (χ3n) is 9.14. The van der Waals surface area contributed by atoms with Crippen molar-refractivity contribution in [1.29, 1.82) is 0 Å². The Hall–Kier alpha value is -6.80. The van der Waals surface area contributed by atoms with Crippen LogP contribution in [-0.2, 0) is 21.1 Å². The van der Waals surface area contributed by atoms with Crippen molar-refractivity contribution in [1.82, 2.24) is 28.7 Å². The van der Waals surface area contributed by atoms with Crippen molar-refractivity contribution in [3.63, 3.8) is 0 Å². The van der Waals surface area contributed by atoms with Gasteiger partial charge in [0, 0.05) is 37.8 Å². The lowest BCUT2D eigenvalue weighted by atomic mass is 9.80. The molecule has 9 rings (SSSR count). The quantitative estimate of drug-likeness (QED) is 0.0978. The van der Waals surface area contributed by atoms with Gasteiger partial charge in [0.05, 0.1) is 52.1 Å². The number of aldehydes is 3. The molecule has 0 aliphatic carbocycles. The Labute approximate surface area is 350 Å². The molecule has 3 aromatic heterocycles. The first kappa shape index (κ1) is 43.3. The smallest absolute Gasteiger partial charge is 0.423 e. The van der Waals surface area contributed by atoms with Crippen LogP contribution in [-0.4, -0.2) is 70.5 Å². The fraction of sp³-hybridized carbons (Fsp3) is 0.0870. The third-order valence-corrected chi connectivity index (χ3v) is 9.14. The molecule has 0 radical (unpaired) electrons. The lowest BCUT2D eigenvalue weighted by Crippen LogP contribution is -2.29. The van der Waals surface area contributed by atoms with Gasteiger partial charge in [0.1, 0.15) is 18.9 Å². The topological polar surface area (TPSA) is 145 Å². The molecule has 0 fully saturated rings. The number of aromatic nitrogens is 6. The Balaban J connectivity index is 0.000000152. The number of alkyl halides is 1. The third kappa shape index (κ3) is 11.2. The summed E-state index contributed by atoms with van der Waals surface area (Å²) in [5, 5.41) is 17.4. The fourth-order valence-corrected chi connectivity index (χ4v) is 6.08. The average molecular weight is 850 g/mol. The number of hydrogen-bond donors (Lipinski definition) is 2. The van der Waals surface area contributed by atoms with Crippen LogP contribution in [0.3, 0.4) is 0 Å². The van der Waals surface area contributed by atoms with Crippen LogP contribution >= 0.6 is 15.9 Å². The molecule has 59 heavy (non-hydrogen) atoms. The van der Waals surface area contributed by atoms with Crippen LogP contribution in [0.15, 0.2) is 152 Å². The molecule has 6 aromatic carbocycles. The Bertz CT molecular complexity index is 2810. The summed E-state index contributed by atoms with van der Waals surface area (Å²) < 4.78 is 5.98. The first-order valence-corrected chi connectivity index (χ1v) is 19.8. The highest BCUT2D eigenvalue weighted by atomic mass is 79.9. The number of carbonyl (C=O) groups is 3. The zero-order valence-corrected chi connectivity index (χ0v) is 34.5. The number of carbonyl (C=O) groups excluding carboxylic acids is 3. The number of aryl methyl sites for hydroxylation is 3. The number of rotatable bonds is 6. The van der Waals surface area contributed by atoms with Crippen LogP contribution < -0.4 is 5.46 Å². The van der Waals surface area contributed by atoms with Crippen LogP contribution in [0, 0.1) is 0 Å². The number of hydrogen-bond acceptors (Lipinski definition) is 8. The molecule has 0 bridgehead atoms. The summed E-state index contributed by atoms with van der Waals surface area (Å²) in [7, 11) is 4.44. The van der Waals surface area contributed by atoms with E-state index in [0.717, 1.165) is 62.4 Å². The van der Waals surface area contributed by atoms with Crippen molar-refractivity contribution < 1.29 is 24.4 Å². The summed E-state index contributed by atoms with van der Waals surface area (Å²) in [6, 6.07) is 41.7. The molecule has 2 N–H and O–H groups in total. The first-order valence-electron chi connectivity index (χ1n) is 18.3. The maximum absolute atomic E-state index is 10.8. The van der Waals surface area contributed by atoms with Gasteiger partial charge in [-0.1, -0.05) is 101 Å². The standard InChI is InChI=1S/2C15H12N2O.C8H8N2.C7H7BO3.CH3Br/c1-17-10-16-14-8-13(5-6-15(14)17)12-4-2-3-11(7-12)9-18;1-17-10-16-14-6-5-13(8-15(14)17)12-4-2-3-11(7-12)9-18;1-10-6-9-7-4-2-3-5-8(7)10;9-5-6-2-1-3-7(4-6)8(10)11;1-2/h2*2-10H,1H3;2-6H,1H3;1-5,10-11H;1H3. The highest BCUT2D eigenvalue weighted by molar-refractivity contribution is 9.08. The lowest BCUT2D eigenvalue weighted by Gasteiger charge is -2.03. The summed E-state index contributed by atoms with van der Waals surface area (Å²) in [5.41, 5.74) is 12.8. The van der Waals surface area contributed by atoms with Gasteiger partial charge in [0.25, 0.3) is 0 Å². The van der Waals surface area contributed by atoms with Crippen LogP contribution in [0.25, 0.3) is 55.4 Å². The molecule has 0 saturated heterocycles. The number of para-hydroxylation sites is 2. The van der Waals surface area contributed by atoms with E-state index in [4.69, 9.17) is 10.0 Å². The fourth-order valence-electron chi connectivity index (χ4n) is 6.08. The predicted octanol–water partition coefficient (Wildman–Crippen LogP) is 7.87. The van der Waals surface area contributed by atoms with Gasteiger partial charge in [0.15, 0.2) is 0 Å². The van der Waals surface area contributed by atoms with E-state index >= 15 is 0 Å². The minimum atomic E-state index is -1.50. The van der Waals surface area contributed by atoms with Crippen LogP contribution in [0.5, 0.6) is 0 Å². The monoisotopic (exact) mass is 848 g/mol. The Kier molecular flexibility index (Phi) is 15.5. The van der Waals surface area contributed by atoms with E-state index in [2.05, 4.69) is 43.0 Å². The zero-order valence-electron chi connectivity index (χ0n) is 32.9. The van der Waals surface area contributed by atoms with Gasteiger partial charge in [-0.2, -0.15) is 0 Å². The van der Waals surface area contributed by atoms with Crippen molar-refractivity contribution in [3.05, 3.63) is 169 Å². The molecule has 0 unspecified atom stereocenters. The molecule has 296 valence electrons. The molecular weight excluding hydrogens is 807 g/mol. The molecule has 0 atom stereocenters. The maximum Gasteiger partial charge on any atom is 0.488 e. The number of nitrogens with zero attached hydrogens (tertiary/aromatic N) is 6. The Morgan fingerprint density at radius 1 is 0.458 bits per heavy atom. The minimum Gasteiger partial charge on any atom is -0.423 e. The molecule has 9 aromatic rings. The van der Waals surface area contributed by atoms with Gasteiger partial charge >= 0.3 is 7.12 Å². The lowest BCUT2D eigenvalue weighted by molar-refractivity contribution is 0.111. The van der Waals surface area contributed by atoms with Gasteiger partial charge in [-0.25, -0.2) is 15.0 Å². The largest absolute Gasteiger partial charge is 0.488 e. The minimum absolute atomic E-state index is 0.328.